The van der Waals surface area contributed by atoms with Gasteiger partial charge in [-0.3, -0.25) is 9.78 Å². The number of aryl methyl sites for hydroxylation is 1. The SMILES string of the molecule is Cc1nc(C(=O)NCc2ncccc2O)nc(N2CC[C@@H](N(C)C)C2)c1C. The summed E-state index contributed by atoms with van der Waals surface area (Å²) in [6.45, 7) is 5.78. The Hall–Kier alpha value is -2.74. The third kappa shape index (κ3) is 4.16. The van der Waals surface area contributed by atoms with Crippen molar-refractivity contribution in [2.75, 3.05) is 32.1 Å². The van der Waals surface area contributed by atoms with Crippen molar-refractivity contribution in [2.45, 2.75) is 32.9 Å². The third-order valence-corrected chi connectivity index (χ3v) is 5.04. The first kappa shape index (κ1) is 19.0. The average Bonchev–Trinajstić information content (AvgIpc) is 3.13. The van der Waals surface area contributed by atoms with Crippen molar-refractivity contribution >= 4 is 11.7 Å². The number of hydrogen-bond acceptors (Lipinski definition) is 7. The van der Waals surface area contributed by atoms with Gasteiger partial charge in [0.2, 0.25) is 5.82 Å². The van der Waals surface area contributed by atoms with Gasteiger partial charge in [-0.25, -0.2) is 9.97 Å². The zero-order valence-corrected chi connectivity index (χ0v) is 16.2. The van der Waals surface area contributed by atoms with Gasteiger partial charge in [0.25, 0.3) is 5.91 Å². The molecule has 3 heterocycles. The van der Waals surface area contributed by atoms with Crippen LogP contribution in [0.4, 0.5) is 5.82 Å². The van der Waals surface area contributed by atoms with Gasteiger partial charge in [0, 0.05) is 36.6 Å². The molecule has 0 bridgehead atoms. The maximum Gasteiger partial charge on any atom is 0.289 e. The first-order chi connectivity index (χ1) is 12.9. The van der Waals surface area contributed by atoms with E-state index >= 15 is 0 Å². The number of hydrogen-bond donors (Lipinski definition) is 2. The van der Waals surface area contributed by atoms with E-state index in [0.29, 0.717) is 11.7 Å². The number of pyridine rings is 1. The van der Waals surface area contributed by atoms with E-state index in [1.54, 1.807) is 12.3 Å². The number of rotatable bonds is 5. The van der Waals surface area contributed by atoms with Gasteiger partial charge in [0.15, 0.2) is 0 Å². The van der Waals surface area contributed by atoms with E-state index in [1.807, 2.05) is 13.8 Å². The molecule has 2 aromatic heterocycles. The number of aromatic nitrogens is 3. The second-order valence-electron chi connectivity index (χ2n) is 7.09. The van der Waals surface area contributed by atoms with Crippen LogP contribution in [0.5, 0.6) is 5.75 Å². The van der Waals surface area contributed by atoms with Crippen LogP contribution in [0.3, 0.4) is 0 Å². The van der Waals surface area contributed by atoms with E-state index in [-0.39, 0.29) is 24.0 Å². The van der Waals surface area contributed by atoms with Gasteiger partial charge < -0.3 is 20.2 Å². The summed E-state index contributed by atoms with van der Waals surface area (Å²) in [5.74, 6) is 0.619. The Labute approximate surface area is 159 Å². The predicted molar refractivity (Wildman–Crippen MR) is 103 cm³/mol. The molecule has 1 aliphatic heterocycles. The summed E-state index contributed by atoms with van der Waals surface area (Å²) in [6.07, 6.45) is 2.64. The topological polar surface area (TPSA) is 94.5 Å². The summed E-state index contributed by atoms with van der Waals surface area (Å²) in [5.41, 5.74) is 2.19. The van der Waals surface area contributed by atoms with Gasteiger partial charge in [-0.2, -0.15) is 0 Å². The minimum Gasteiger partial charge on any atom is -0.506 e. The molecule has 2 N–H and O–H groups in total. The van der Waals surface area contributed by atoms with Gasteiger partial charge in [-0.1, -0.05) is 0 Å². The van der Waals surface area contributed by atoms with Gasteiger partial charge in [0.05, 0.1) is 6.54 Å². The lowest BCUT2D eigenvalue weighted by molar-refractivity contribution is 0.0939. The lowest BCUT2D eigenvalue weighted by Crippen LogP contribution is -2.33. The molecule has 0 spiro atoms. The highest BCUT2D eigenvalue weighted by atomic mass is 16.3. The Bertz CT molecular complexity index is 839. The second-order valence-corrected chi connectivity index (χ2v) is 7.09. The Balaban J connectivity index is 1.77. The summed E-state index contributed by atoms with van der Waals surface area (Å²) in [7, 11) is 4.16. The molecule has 2 aromatic rings. The number of amides is 1. The Kier molecular flexibility index (Phi) is 5.55. The monoisotopic (exact) mass is 370 g/mol. The maximum absolute atomic E-state index is 12.6. The lowest BCUT2D eigenvalue weighted by atomic mass is 10.2. The van der Waals surface area contributed by atoms with Crippen LogP contribution in [-0.4, -0.2) is 64.1 Å². The summed E-state index contributed by atoms with van der Waals surface area (Å²) >= 11 is 0. The van der Waals surface area contributed by atoms with Crippen LogP contribution < -0.4 is 10.2 Å². The lowest BCUT2D eigenvalue weighted by Gasteiger charge is -2.23. The van der Waals surface area contributed by atoms with Gasteiger partial charge in [-0.15, -0.1) is 0 Å². The van der Waals surface area contributed by atoms with E-state index in [4.69, 9.17) is 0 Å². The van der Waals surface area contributed by atoms with E-state index in [2.05, 4.69) is 44.2 Å². The molecule has 1 saturated heterocycles. The molecule has 144 valence electrons. The molecule has 1 amide bonds. The summed E-state index contributed by atoms with van der Waals surface area (Å²) in [5, 5.41) is 12.5. The van der Waals surface area contributed by atoms with Crippen molar-refractivity contribution < 1.29 is 9.90 Å². The molecular formula is C19H26N6O2. The van der Waals surface area contributed by atoms with Crippen LogP contribution in [0.1, 0.15) is 34.0 Å². The summed E-state index contributed by atoms with van der Waals surface area (Å²) < 4.78 is 0. The number of aromatic hydroxyl groups is 1. The van der Waals surface area contributed by atoms with Crippen LogP contribution in [0.15, 0.2) is 18.3 Å². The van der Waals surface area contributed by atoms with Crippen molar-refractivity contribution in [3.05, 3.63) is 41.1 Å². The highest BCUT2D eigenvalue weighted by Crippen LogP contribution is 2.25. The standard InChI is InChI=1S/C19H26N6O2/c1-12-13(2)22-17(19(27)21-10-15-16(26)6-5-8-20-15)23-18(12)25-9-7-14(11-25)24(3)4/h5-6,8,14,26H,7,9-11H2,1-4H3,(H,21,27)/t14-/m1/s1. The molecule has 3 rings (SSSR count). The molecule has 1 fully saturated rings. The van der Waals surface area contributed by atoms with Crippen LogP contribution in [0.25, 0.3) is 0 Å². The fraction of sp³-hybridized carbons (Fsp3) is 0.474. The molecule has 0 saturated carbocycles. The Morgan fingerprint density at radius 3 is 2.81 bits per heavy atom. The minimum absolute atomic E-state index is 0.0475. The average molecular weight is 370 g/mol. The number of nitrogens with one attached hydrogen (secondary N) is 1. The zero-order valence-electron chi connectivity index (χ0n) is 16.2. The molecule has 1 aliphatic rings. The van der Waals surface area contributed by atoms with Crippen molar-refractivity contribution in [1.29, 1.82) is 0 Å². The predicted octanol–water partition coefficient (Wildman–Crippen LogP) is 1.26. The Morgan fingerprint density at radius 2 is 2.15 bits per heavy atom. The van der Waals surface area contributed by atoms with E-state index in [1.165, 1.54) is 6.07 Å². The van der Waals surface area contributed by atoms with Crippen LogP contribution in [0.2, 0.25) is 0 Å². The molecule has 0 radical (unpaired) electrons. The molecular weight excluding hydrogens is 344 g/mol. The van der Waals surface area contributed by atoms with Crippen molar-refractivity contribution in [2.24, 2.45) is 0 Å². The molecule has 1 atom stereocenters. The first-order valence-electron chi connectivity index (χ1n) is 9.04. The summed E-state index contributed by atoms with van der Waals surface area (Å²) in [6, 6.07) is 3.65. The Morgan fingerprint density at radius 1 is 1.37 bits per heavy atom. The number of anilines is 1. The second kappa shape index (κ2) is 7.87. The number of nitrogens with zero attached hydrogens (tertiary/aromatic N) is 5. The number of carbonyl (C=O) groups is 1. The van der Waals surface area contributed by atoms with Crippen molar-refractivity contribution in [3.63, 3.8) is 0 Å². The molecule has 0 unspecified atom stereocenters. The van der Waals surface area contributed by atoms with E-state index < -0.39 is 0 Å². The minimum atomic E-state index is -0.382. The molecule has 27 heavy (non-hydrogen) atoms. The molecule has 0 aromatic carbocycles. The number of carbonyl (C=O) groups excluding carboxylic acids is 1. The van der Waals surface area contributed by atoms with Crippen LogP contribution in [0, 0.1) is 13.8 Å². The van der Waals surface area contributed by atoms with Crippen molar-refractivity contribution in [1.82, 2.24) is 25.2 Å². The van der Waals surface area contributed by atoms with Crippen molar-refractivity contribution in [3.8, 4) is 5.75 Å². The first-order valence-corrected chi connectivity index (χ1v) is 9.04. The highest BCUT2D eigenvalue weighted by Gasteiger charge is 2.27. The normalized spacial score (nSPS) is 16.8. The third-order valence-electron chi connectivity index (χ3n) is 5.04. The fourth-order valence-electron chi connectivity index (χ4n) is 3.19. The maximum atomic E-state index is 12.6. The summed E-state index contributed by atoms with van der Waals surface area (Å²) in [4.78, 5) is 30.0. The van der Waals surface area contributed by atoms with E-state index in [9.17, 15) is 9.90 Å². The molecule has 8 nitrogen and oxygen atoms in total. The van der Waals surface area contributed by atoms with Gasteiger partial charge >= 0.3 is 0 Å². The van der Waals surface area contributed by atoms with E-state index in [0.717, 1.165) is 36.6 Å². The fourth-order valence-corrected chi connectivity index (χ4v) is 3.19. The highest BCUT2D eigenvalue weighted by molar-refractivity contribution is 5.91. The zero-order chi connectivity index (χ0) is 19.6. The van der Waals surface area contributed by atoms with Crippen LogP contribution >= 0.6 is 0 Å². The van der Waals surface area contributed by atoms with Gasteiger partial charge in [0.1, 0.15) is 17.3 Å². The largest absolute Gasteiger partial charge is 0.506 e. The number of likely N-dealkylation sites (N-methyl/N-ethyl adjacent to an activating group) is 1. The van der Waals surface area contributed by atoms with Crippen LogP contribution in [-0.2, 0) is 6.54 Å². The molecule has 0 aliphatic carbocycles. The molecule has 8 heteroatoms. The quantitative estimate of drug-likeness (QED) is 0.818. The smallest absolute Gasteiger partial charge is 0.289 e. The van der Waals surface area contributed by atoms with Gasteiger partial charge in [-0.05, 0) is 46.5 Å².